The number of hydrogen-bond acceptors (Lipinski definition) is 2. The van der Waals surface area contributed by atoms with E-state index in [0.717, 1.165) is 0 Å². The molecule has 0 spiro atoms. The van der Waals surface area contributed by atoms with Gasteiger partial charge in [0.15, 0.2) is 0 Å². The Morgan fingerprint density at radius 1 is 1.46 bits per heavy atom. The molecule has 1 aromatic carbocycles. The third kappa shape index (κ3) is 2.87. The van der Waals surface area contributed by atoms with E-state index in [0.29, 0.717) is 16.3 Å². The highest BCUT2D eigenvalue weighted by Crippen LogP contribution is 2.23. The minimum absolute atomic E-state index is 0.398. The standard InChI is InChI=1S/C7H9ClN2O2S/c1-5-6(8)3-2-4-7(5)10-13(9,11)12/h2-4,10H,1H3,(H2,9,11,12). The smallest absolute Gasteiger partial charge is 0.271 e. The molecule has 0 heterocycles. The summed E-state index contributed by atoms with van der Waals surface area (Å²) in [6.45, 7) is 1.70. The summed E-state index contributed by atoms with van der Waals surface area (Å²) in [6.07, 6.45) is 0. The Labute approximate surface area is 81.9 Å². The topological polar surface area (TPSA) is 72.2 Å². The van der Waals surface area contributed by atoms with Gasteiger partial charge < -0.3 is 0 Å². The summed E-state index contributed by atoms with van der Waals surface area (Å²) in [5, 5.41) is 5.30. The van der Waals surface area contributed by atoms with Crippen LogP contribution in [0.25, 0.3) is 0 Å². The highest BCUT2D eigenvalue weighted by Gasteiger charge is 2.06. The fourth-order valence-corrected chi connectivity index (χ4v) is 1.57. The van der Waals surface area contributed by atoms with Crippen LogP contribution < -0.4 is 9.86 Å². The van der Waals surface area contributed by atoms with Crippen molar-refractivity contribution in [1.82, 2.24) is 0 Å². The molecule has 13 heavy (non-hydrogen) atoms. The first-order valence-corrected chi connectivity index (χ1v) is 5.38. The average Bonchev–Trinajstić information content (AvgIpc) is 1.96. The van der Waals surface area contributed by atoms with Gasteiger partial charge in [0.05, 0.1) is 5.69 Å². The molecule has 0 atom stereocenters. The molecule has 4 nitrogen and oxygen atoms in total. The van der Waals surface area contributed by atoms with E-state index in [1.54, 1.807) is 25.1 Å². The van der Waals surface area contributed by atoms with Crippen LogP contribution >= 0.6 is 11.6 Å². The summed E-state index contributed by atoms with van der Waals surface area (Å²) in [5.74, 6) is 0. The summed E-state index contributed by atoms with van der Waals surface area (Å²) in [7, 11) is -3.73. The summed E-state index contributed by atoms with van der Waals surface area (Å²) < 4.78 is 23.5. The highest BCUT2D eigenvalue weighted by molar-refractivity contribution is 7.90. The van der Waals surface area contributed by atoms with E-state index in [9.17, 15) is 8.42 Å². The van der Waals surface area contributed by atoms with Crippen LogP contribution in [0.15, 0.2) is 18.2 Å². The maximum Gasteiger partial charge on any atom is 0.296 e. The van der Waals surface area contributed by atoms with E-state index in [1.165, 1.54) is 0 Å². The first-order chi connectivity index (χ1) is 5.90. The van der Waals surface area contributed by atoms with Crippen LogP contribution in [0.3, 0.4) is 0 Å². The van der Waals surface area contributed by atoms with E-state index in [4.69, 9.17) is 16.7 Å². The van der Waals surface area contributed by atoms with Crippen LogP contribution in [0.5, 0.6) is 0 Å². The van der Waals surface area contributed by atoms with Crippen molar-refractivity contribution >= 4 is 27.5 Å². The number of benzene rings is 1. The van der Waals surface area contributed by atoms with Gasteiger partial charge in [0.25, 0.3) is 10.2 Å². The first kappa shape index (κ1) is 10.3. The van der Waals surface area contributed by atoms with Gasteiger partial charge in [-0.3, -0.25) is 4.72 Å². The Morgan fingerprint density at radius 3 is 2.62 bits per heavy atom. The largest absolute Gasteiger partial charge is 0.296 e. The molecule has 1 aromatic rings. The molecule has 0 saturated carbocycles. The lowest BCUT2D eigenvalue weighted by molar-refractivity contribution is 0.603. The third-order valence-corrected chi connectivity index (χ3v) is 2.43. The van der Waals surface area contributed by atoms with E-state index in [2.05, 4.69) is 4.72 Å². The minimum atomic E-state index is -3.73. The molecule has 0 aliphatic carbocycles. The quantitative estimate of drug-likeness (QED) is 0.788. The Balaban J connectivity index is 3.10. The van der Waals surface area contributed by atoms with E-state index in [1.807, 2.05) is 0 Å². The second-order valence-corrected chi connectivity index (χ2v) is 4.26. The summed E-state index contributed by atoms with van der Waals surface area (Å²) in [6, 6.07) is 4.90. The van der Waals surface area contributed by atoms with Gasteiger partial charge in [-0.1, -0.05) is 17.7 Å². The molecule has 0 amide bonds. The van der Waals surface area contributed by atoms with Crippen molar-refractivity contribution in [2.75, 3.05) is 4.72 Å². The maximum atomic E-state index is 10.7. The molecule has 1 rings (SSSR count). The van der Waals surface area contributed by atoms with E-state index in [-0.39, 0.29) is 0 Å². The Hall–Kier alpha value is -0.780. The van der Waals surface area contributed by atoms with Gasteiger partial charge in [-0.15, -0.1) is 0 Å². The van der Waals surface area contributed by atoms with Crippen LogP contribution in [0.1, 0.15) is 5.56 Å². The molecule has 3 N–H and O–H groups in total. The zero-order valence-electron chi connectivity index (χ0n) is 6.91. The fourth-order valence-electron chi connectivity index (χ4n) is 0.871. The second kappa shape index (κ2) is 3.53. The Morgan fingerprint density at radius 2 is 2.08 bits per heavy atom. The van der Waals surface area contributed by atoms with Crippen molar-refractivity contribution in [3.63, 3.8) is 0 Å². The van der Waals surface area contributed by atoms with Gasteiger partial charge in [0, 0.05) is 5.02 Å². The molecule has 0 unspecified atom stereocenters. The van der Waals surface area contributed by atoms with Crippen molar-refractivity contribution in [1.29, 1.82) is 0 Å². The number of halogens is 1. The number of anilines is 1. The lowest BCUT2D eigenvalue weighted by Gasteiger charge is -2.07. The highest BCUT2D eigenvalue weighted by atomic mass is 35.5. The molecule has 0 fully saturated rings. The number of nitrogens with one attached hydrogen (secondary N) is 1. The van der Waals surface area contributed by atoms with Gasteiger partial charge in [-0.05, 0) is 24.6 Å². The van der Waals surface area contributed by atoms with Crippen LogP contribution in [0, 0.1) is 6.92 Å². The van der Waals surface area contributed by atoms with E-state index >= 15 is 0 Å². The molecule has 6 heteroatoms. The zero-order chi connectivity index (χ0) is 10.1. The fraction of sp³-hybridized carbons (Fsp3) is 0.143. The minimum Gasteiger partial charge on any atom is -0.271 e. The molecule has 0 aromatic heterocycles. The molecule has 0 radical (unpaired) electrons. The van der Waals surface area contributed by atoms with Crippen molar-refractivity contribution < 1.29 is 8.42 Å². The molecular weight excluding hydrogens is 212 g/mol. The van der Waals surface area contributed by atoms with Gasteiger partial charge >= 0.3 is 0 Å². The monoisotopic (exact) mass is 220 g/mol. The lowest BCUT2D eigenvalue weighted by atomic mass is 10.2. The third-order valence-electron chi connectivity index (χ3n) is 1.52. The van der Waals surface area contributed by atoms with Crippen molar-refractivity contribution in [2.24, 2.45) is 5.14 Å². The van der Waals surface area contributed by atoms with Crippen LogP contribution in [0.4, 0.5) is 5.69 Å². The summed E-state index contributed by atoms with van der Waals surface area (Å²) in [5.41, 5.74) is 1.05. The van der Waals surface area contributed by atoms with Crippen LogP contribution in [-0.4, -0.2) is 8.42 Å². The zero-order valence-corrected chi connectivity index (χ0v) is 8.48. The molecular formula is C7H9ClN2O2S. The molecule has 0 aliphatic heterocycles. The Kier molecular flexibility index (Phi) is 2.80. The van der Waals surface area contributed by atoms with Crippen LogP contribution in [0.2, 0.25) is 5.02 Å². The van der Waals surface area contributed by atoms with Gasteiger partial charge in [0.1, 0.15) is 0 Å². The first-order valence-electron chi connectivity index (χ1n) is 3.46. The normalized spacial score (nSPS) is 11.3. The second-order valence-electron chi connectivity index (χ2n) is 2.56. The van der Waals surface area contributed by atoms with Crippen LogP contribution in [-0.2, 0) is 10.2 Å². The van der Waals surface area contributed by atoms with Crippen molar-refractivity contribution in [3.05, 3.63) is 28.8 Å². The number of nitrogens with two attached hydrogens (primary N) is 1. The molecule has 72 valence electrons. The van der Waals surface area contributed by atoms with Gasteiger partial charge in [0.2, 0.25) is 0 Å². The number of rotatable bonds is 2. The summed E-state index contributed by atoms with van der Waals surface area (Å²) >= 11 is 5.77. The van der Waals surface area contributed by atoms with Crippen molar-refractivity contribution in [3.8, 4) is 0 Å². The Bertz CT molecular complexity index is 417. The predicted molar refractivity (Wildman–Crippen MR) is 52.9 cm³/mol. The number of hydrogen-bond donors (Lipinski definition) is 2. The lowest BCUT2D eigenvalue weighted by Crippen LogP contribution is -2.22. The average molecular weight is 221 g/mol. The SMILES string of the molecule is Cc1c(Cl)cccc1NS(N)(=O)=O. The van der Waals surface area contributed by atoms with Gasteiger partial charge in [-0.2, -0.15) is 8.42 Å². The maximum absolute atomic E-state index is 10.7. The van der Waals surface area contributed by atoms with Crippen molar-refractivity contribution in [2.45, 2.75) is 6.92 Å². The molecule has 0 bridgehead atoms. The van der Waals surface area contributed by atoms with E-state index < -0.39 is 10.2 Å². The predicted octanol–water partition coefficient (Wildman–Crippen LogP) is 1.26. The van der Waals surface area contributed by atoms with Gasteiger partial charge in [-0.25, -0.2) is 5.14 Å². The molecule has 0 aliphatic rings. The molecule has 0 saturated heterocycles. The summed E-state index contributed by atoms with van der Waals surface area (Å²) in [4.78, 5) is 0.